The molecule has 0 unspecified atom stereocenters. The summed E-state index contributed by atoms with van der Waals surface area (Å²) >= 11 is 1.54. The van der Waals surface area contributed by atoms with Crippen LogP contribution >= 0.6 is 11.3 Å². The molecule has 7 heteroatoms. The highest BCUT2D eigenvalue weighted by molar-refractivity contribution is 7.15. The molecule has 3 rings (SSSR count). The molecule has 2 amide bonds. The number of pyridine rings is 1. The fourth-order valence-electron chi connectivity index (χ4n) is 2.18. The van der Waals surface area contributed by atoms with E-state index in [1.54, 1.807) is 19.4 Å². The fraction of sp³-hybridized carbons (Fsp3) is 0.308. The number of carbonyl (C=O) groups is 1. The number of nitrogens with one attached hydrogen (secondary N) is 2. The second-order valence-electron chi connectivity index (χ2n) is 4.47. The largest absolute Gasteiger partial charge is 0.366 e. The van der Waals surface area contributed by atoms with Crippen LogP contribution in [0.3, 0.4) is 0 Å². The van der Waals surface area contributed by atoms with E-state index in [1.165, 1.54) is 21.9 Å². The fourth-order valence-corrected chi connectivity index (χ4v) is 3.20. The lowest BCUT2D eigenvalue weighted by atomic mass is 10.1. The predicted octanol–water partition coefficient (Wildman–Crippen LogP) is 1.85. The number of fused-ring (bicyclic) bond motifs is 1. The van der Waals surface area contributed by atoms with Gasteiger partial charge < -0.3 is 10.2 Å². The smallest absolute Gasteiger partial charge is 0.320 e. The Morgan fingerprint density at radius 2 is 2.20 bits per heavy atom. The first-order valence-corrected chi connectivity index (χ1v) is 7.20. The molecule has 2 aromatic rings. The van der Waals surface area contributed by atoms with Gasteiger partial charge in [0.05, 0.1) is 12.2 Å². The van der Waals surface area contributed by atoms with Crippen molar-refractivity contribution in [1.29, 1.82) is 0 Å². The quantitative estimate of drug-likeness (QED) is 0.885. The van der Waals surface area contributed by atoms with Crippen molar-refractivity contribution >= 4 is 28.2 Å². The first-order valence-electron chi connectivity index (χ1n) is 6.38. The van der Waals surface area contributed by atoms with E-state index in [-0.39, 0.29) is 6.03 Å². The Bertz CT molecular complexity index is 612. The van der Waals surface area contributed by atoms with Crippen molar-refractivity contribution in [3.05, 3.63) is 35.1 Å². The van der Waals surface area contributed by atoms with E-state index in [9.17, 15) is 4.79 Å². The molecule has 2 aromatic heterocycles. The number of hydrogen-bond donors (Lipinski definition) is 2. The van der Waals surface area contributed by atoms with E-state index in [1.807, 2.05) is 12.1 Å². The van der Waals surface area contributed by atoms with Crippen LogP contribution in [0.15, 0.2) is 24.5 Å². The molecule has 6 nitrogen and oxygen atoms in total. The van der Waals surface area contributed by atoms with Crippen LogP contribution in [0.5, 0.6) is 0 Å². The summed E-state index contributed by atoms with van der Waals surface area (Å²) in [6.45, 7) is 1.76. The first kappa shape index (κ1) is 12.9. The van der Waals surface area contributed by atoms with E-state index in [4.69, 9.17) is 0 Å². The minimum absolute atomic E-state index is 0.234. The monoisotopic (exact) mass is 289 g/mol. The zero-order valence-corrected chi connectivity index (χ0v) is 11.9. The van der Waals surface area contributed by atoms with Crippen molar-refractivity contribution in [1.82, 2.24) is 15.3 Å². The van der Waals surface area contributed by atoms with Crippen molar-refractivity contribution in [3.8, 4) is 0 Å². The van der Waals surface area contributed by atoms with Gasteiger partial charge in [0.25, 0.3) is 0 Å². The molecule has 1 aliphatic heterocycles. The van der Waals surface area contributed by atoms with Gasteiger partial charge in [0.2, 0.25) is 0 Å². The highest BCUT2D eigenvalue weighted by Crippen LogP contribution is 2.30. The van der Waals surface area contributed by atoms with Crippen LogP contribution in [-0.2, 0) is 13.0 Å². The van der Waals surface area contributed by atoms with Gasteiger partial charge in [0.1, 0.15) is 0 Å². The number of urea groups is 1. The van der Waals surface area contributed by atoms with Crippen molar-refractivity contribution in [2.24, 2.45) is 0 Å². The molecule has 0 radical (unpaired) electrons. The second kappa shape index (κ2) is 5.46. The summed E-state index contributed by atoms with van der Waals surface area (Å²) in [5, 5.41) is 5.92. The van der Waals surface area contributed by atoms with Gasteiger partial charge in [0.15, 0.2) is 5.13 Å². The molecule has 0 aromatic carbocycles. The van der Waals surface area contributed by atoms with Gasteiger partial charge in [0, 0.05) is 43.0 Å². The molecular weight excluding hydrogens is 274 g/mol. The first-order chi connectivity index (χ1) is 9.76. The van der Waals surface area contributed by atoms with Crippen molar-refractivity contribution < 1.29 is 4.79 Å². The zero-order chi connectivity index (χ0) is 13.9. The topological polar surface area (TPSA) is 70.2 Å². The number of amides is 2. The standard InChI is InChI=1S/C13H15N5OS/c1-14-12(19)17-13-16-10-4-7-18(8-11(10)20-13)9-2-5-15-6-3-9/h2-3,5-6H,4,7-8H2,1H3,(H2,14,16,17,19). The molecule has 2 N–H and O–H groups in total. The van der Waals surface area contributed by atoms with Crippen molar-refractivity contribution in [2.75, 3.05) is 23.8 Å². The summed E-state index contributed by atoms with van der Waals surface area (Å²) in [6.07, 6.45) is 4.50. The van der Waals surface area contributed by atoms with Gasteiger partial charge in [-0.25, -0.2) is 9.78 Å². The third-order valence-electron chi connectivity index (χ3n) is 3.21. The van der Waals surface area contributed by atoms with Gasteiger partial charge in [-0.1, -0.05) is 11.3 Å². The summed E-state index contributed by atoms with van der Waals surface area (Å²) in [5.74, 6) is 0. The van der Waals surface area contributed by atoms with E-state index in [0.29, 0.717) is 5.13 Å². The number of carbonyl (C=O) groups excluding carboxylic acids is 1. The van der Waals surface area contributed by atoms with Crippen LogP contribution in [0.4, 0.5) is 15.6 Å². The SMILES string of the molecule is CNC(=O)Nc1nc2c(s1)CN(c1ccncc1)CC2. The van der Waals surface area contributed by atoms with Crippen LogP contribution in [-0.4, -0.2) is 29.6 Å². The normalized spacial score (nSPS) is 13.8. The number of nitrogens with zero attached hydrogens (tertiary/aromatic N) is 3. The van der Waals surface area contributed by atoms with E-state index in [2.05, 4.69) is 25.5 Å². The molecule has 0 spiro atoms. The zero-order valence-electron chi connectivity index (χ0n) is 11.1. The Labute approximate surface area is 120 Å². The van der Waals surface area contributed by atoms with Crippen molar-refractivity contribution in [3.63, 3.8) is 0 Å². The van der Waals surface area contributed by atoms with E-state index >= 15 is 0 Å². The molecule has 0 saturated carbocycles. The van der Waals surface area contributed by atoms with Crippen LogP contribution in [0.2, 0.25) is 0 Å². The lowest BCUT2D eigenvalue weighted by molar-refractivity contribution is 0.254. The summed E-state index contributed by atoms with van der Waals surface area (Å²) in [4.78, 5) is 23.3. The molecule has 104 valence electrons. The van der Waals surface area contributed by atoms with Gasteiger partial charge in [-0.3, -0.25) is 10.3 Å². The Morgan fingerprint density at radius 3 is 2.95 bits per heavy atom. The second-order valence-corrected chi connectivity index (χ2v) is 5.55. The summed E-state index contributed by atoms with van der Waals surface area (Å²) in [6, 6.07) is 3.79. The van der Waals surface area contributed by atoms with Gasteiger partial charge in [-0.05, 0) is 12.1 Å². The number of rotatable bonds is 2. The molecule has 0 aliphatic carbocycles. The van der Waals surface area contributed by atoms with Crippen LogP contribution < -0.4 is 15.5 Å². The Hall–Kier alpha value is -2.15. The highest BCUT2D eigenvalue weighted by atomic mass is 32.1. The molecule has 0 atom stereocenters. The predicted molar refractivity (Wildman–Crippen MR) is 79.2 cm³/mol. The Balaban J connectivity index is 1.76. The summed E-state index contributed by atoms with van der Waals surface area (Å²) in [5.41, 5.74) is 2.26. The van der Waals surface area contributed by atoms with Crippen molar-refractivity contribution in [2.45, 2.75) is 13.0 Å². The molecule has 0 fully saturated rings. The minimum Gasteiger partial charge on any atom is -0.366 e. The third-order valence-corrected chi connectivity index (χ3v) is 4.20. The summed E-state index contributed by atoms with van der Waals surface area (Å²) < 4.78 is 0. The van der Waals surface area contributed by atoms with Crippen LogP contribution in [0.1, 0.15) is 10.6 Å². The number of thiazole rings is 1. The number of aromatic nitrogens is 2. The number of anilines is 2. The van der Waals surface area contributed by atoms with Gasteiger partial charge >= 0.3 is 6.03 Å². The molecule has 0 saturated heterocycles. The van der Waals surface area contributed by atoms with E-state index in [0.717, 1.165) is 25.2 Å². The van der Waals surface area contributed by atoms with E-state index < -0.39 is 0 Å². The maximum absolute atomic E-state index is 11.3. The molecule has 20 heavy (non-hydrogen) atoms. The Morgan fingerprint density at radius 1 is 1.40 bits per heavy atom. The molecule has 1 aliphatic rings. The lowest BCUT2D eigenvalue weighted by Crippen LogP contribution is -2.29. The maximum atomic E-state index is 11.3. The minimum atomic E-state index is -0.234. The van der Waals surface area contributed by atoms with Crippen LogP contribution in [0.25, 0.3) is 0 Å². The maximum Gasteiger partial charge on any atom is 0.320 e. The molecule has 3 heterocycles. The average molecular weight is 289 g/mol. The lowest BCUT2D eigenvalue weighted by Gasteiger charge is -2.27. The third kappa shape index (κ3) is 2.57. The average Bonchev–Trinajstić information content (AvgIpc) is 2.89. The molecule has 0 bridgehead atoms. The number of hydrogen-bond acceptors (Lipinski definition) is 5. The van der Waals surface area contributed by atoms with Gasteiger partial charge in [-0.2, -0.15) is 0 Å². The molecular formula is C13H15N5OS. The van der Waals surface area contributed by atoms with Crippen LogP contribution in [0, 0.1) is 0 Å². The Kier molecular flexibility index (Phi) is 3.51. The highest BCUT2D eigenvalue weighted by Gasteiger charge is 2.21. The van der Waals surface area contributed by atoms with Gasteiger partial charge in [-0.15, -0.1) is 0 Å². The summed E-state index contributed by atoms with van der Waals surface area (Å²) in [7, 11) is 1.59.